The van der Waals surface area contributed by atoms with Crippen LogP contribution in [0.5, 0.6) is 0 Å². The van der Waals surface area contributed by atoms with Crippen LogP contribution in [0.1, 0.15) is 42.1 Å². The third-order valence-electron chi connectivity index (χ3n) is 4.55. The molecule has 1 aliphatic heterocycles. The number of rotatable bonds is 4. The van der Waals surface area contributed by atoms with E-state index in [4.69, 9.17) is 16.0 Å². The number of benzene rings is 1. The first-order valence-electron chi connectivity index (χ1n) is 8.71. The lowest BCUT2D eigenvalue weighted by Crippen LogP contribution is -2.42. The summed E-state index contributed by atoms with van der Waals surface area (Å²) in [5, 5.41) is 5.76. The summed E-state index contributed by atoms with van der Waals surface area (Å²) < 4.78 is 4.95. The molecule has 0 spiro atoms. The monoisotopic (exact) mass is 375 g/mol. The molecule has 2 heterocycles. The Hall–Kier alpha value is -2.47. The lowest BCUT2D eigenvalue weighted by atomic mass is 10.0. The maximum Gasteiger partial charge on any atom is 0.319 e. The van der Waals surface area contributed by atoms with Crippen molar-refractivity contribution in [2.75, 3.05) is 11.9 Å². The number of anilines is 1. The molecule has 0 radical (unpaired) electrons. The highest BCUT2D eigenvalue weighted by Crippen LogP contribution is 2.25. The Morgan fingerprint density at radius 2 is 2.15 bits per heavy atom. The van der Waals surface area contributed by atoms with Crippen molar-refractivity contribution in [3.8, 4) is 0 Å². The molecule has 1 atom stereocenters. The van der Waals surface area contributed by atoms with Crippen molar-refractivity contribution < 1.29 is 14.0 Å². The number of likely N-dealkylation sites (tertiary alicyclic amines) is 1. The van der Waals surface area contributed by atoms with Gasteiger partial charge in [0.05, 0.1) is 23.1 Å². The molecule has 138 valence electrons. The topological polar surface area (TPSA) is 74.6 Å². The molecule has 0 unspecified atom stereocenters. The van der Waals surface area contributed by atoms with Gasteiger partial charge in [-0.25, -0.2) is 4.79 Å². The molecule has 7 heteroatoms. The van der Waals surface area contributed by atoms with Gasteiger partial charge in [-0.1, -0.05) is 11.6 Å². The van der Waals surface area contributed by atoms with Crippen LogP contribution in [-0.4, -0.2) is 29.4 Å². The van der Waals surface area contributed by atoms with Gasteiger partial charge < -0.3 is 20.0 Å². The van der Waals surface area contributed by atoms with Gasteiger partial charge >= 0.3 is 6.03 Å². The van der Waals surface area contributed by atoms with Gasteiger partial charge in [0.15, 0.2) is 0 Å². The standard InChI is InChI=1S/C19H22ClN3O3/c1-13-4-2-3-8-23(13)18(24)16-6-5-15(10-17(16)20)22-19(25)21-11-14-7-9-26-12-14/h5-7,9-10,12-13H,2-4,8,11H2,1H3,(H2,21,22,25)/t13-/m0/s1. The van der Waals surface area contributed by atoms with Gasteiger partial charge in [-0.05, 0) is 50.5 Å². The number of piperidine rings is 1. The van der Waals surface area contributed by atoms with E-state index in [9.17, 15) is 9.59 Å². The fourth-order valence-electron chi connectivity index (χ4n) is 3.07. The summed E-state index contributed by atoms with van der Waals surface area (Å²) in [6, 6.07) is 6.59. The Morgan fingerprint density at radius 3 is 2.85 bits per heavy atom. The molecule has 6 nitrogen and oxygen atoms in total. The van der Waals surface area contributed by atoms with Crippen molar-refractivity contribution in [2.24, 2.45) is 0 Å². The average Bonchev–Trinajstić information content (AvgIpc) is 3.13. The first-order chi connectivity index (χ1) is 12.5. The number of halogens is 1. The van der Waals surface area contributed by atoms with E-state index in [0.29, 0.717) is 22.8 Å². The fraction of sp³-hybridized carbons (Fsp3) is 0.368. The van der Waals surface area contributed by atoms with Crippen molar-refractivity contribution in [2.45, 2.75) is 38.8 Å². The first kappa shape index (κ1) is 18.3. The van der Waals surface area contributed by atoms with Crippen molar-refractivity contribution in [1.29, 1.82) is 0 Å². The first-order valence-corrected chi connectivity index (χ1v) is 9.09. The number of carbonyl (C=O) groups excluding carboxylic acids is 2. The minimum Gasteiger partial charge on any atom is -0.472 e. The molecule has 2 aromatic rings. The van der Waals surface area contributed by atoms with Gasteiger partial charge in [0.25, 0.3) is 5.91 Å². The molecule has 1 aromatic heterocycles. The second kappa shape index (κ2) is 8.27. The van der Waals surface area contributed by atoms with E-state index in [2.05, 4.69) is 17.6 Å². The van der Waals surface area contributed by atoms with Crippen LogP contribution in [-0.2, 0) is 6.54 Å². The minimum atomic E-state index is -0.356. The van der Waals surface area contributed by atoms with Crippen LogP contribution in [0, 0.1) is 0 Å². The van der Waals surface area contributed by atoms with E-state index >= 15 is 0 Å². The van der Waals surface area contributed by atoms with Gasteiger partial charge in [-0.15, -0.1) is 0 Å². The van der Waals surface area contributed by atoms with Crippen molar-refractivity contribution in [3.63, 3.8) is 0 Å². The summed E-state index contributed by atoms with van der Waals surface area (Å²) >= 11 is 6.30. The van der Waals surface area contributed by atoms with E-state index < -0.39 is 0 Å². The zero-order chi connectivity index (χ0) is 18.5. The van der Waals surface area contributed by atoms with E-state index in [1.165, 1.54) is 0 Å². The number of nitrogens with one attached hydrogen (secondary N) is 2. The third-order valence-corrected chi connectivity index (χ3v) is 4.87. The minimum absolute atomic E-state index is 0.0573. The zero-order valence-corrected chi connectivity index (χ0v) is 15.4. The Bertz CT molecular complexity index is 776. The second-order valence-electron chi connectivity index (χ2n) is 6.48. The molecule has 1 aliphatic rings. The maximum absolute atomic E-state index is 12.7. The Balaban J connectivity index is 1.61. The van der Waals surface area contributed by atoms with Crippen LogP contribution in [0.4, 0.5) is 10.5 Å². The summed E-state index contributed by atoms with van der Waals surface area (Å²) in [7, 11) is 0. The summed E-state index contributed by atoms with van der Waals surface area (Å²) in [6.07, 6.45) is 6.30. The molecule has 1 fully saturated rings. The van der Waals surface area contributed by atoms with Crippen molar-refractivity contribution in [3.05, 3.63) is 52.9 Å². The molecule has 3 rings (SSSR count). The van der Waals surface area contributed by atoms with Gasteiger partial charge in [0, 0.05) is 30.4 Å². The van der Waals surface area contributed by atoms with Gasteiger partial charge in [-0.3, -0.25) is 4.79 Å². The average molecular weight is 376 g/mol. The SMILES string of the molecule is C[C@H]1CCCCN1C(=O)c1ccc(NC(=O)NCc2ccoc2)cc1Cl. The highest BCUT2D eigenvalue weighted by Gasteiger charge is 2.25. The van der Waals surface area contributed by atoms with Gasteiger partial charge in [0.1, 0.15) is 0 Å². The van der Waals surface area contributed by atoms with Crippen molar-refractivity contribution in [1.82, 2.24) is 10.2 Å². The molecular weight excluding hydrogens is 354 g/mol. The van der Waals surface area contributed by atoms with Crippen LogP contribution in [0.15, 0.2) is 41.2 Å². The number of urea groups is 1. The van der Waals surface area contributed by atoms with E-state index in [-0.39, 0.29) is 18.0 Å². The smallest absolute Gasteiger partial charge is 0.319 e. The number of carbonyl (C=O) groups is 2. The molecule has 2 N–H and O–H groups in total. The normalized spacial score (nSPS) is 17.0. The summed E-state index contributed by atoms with van der Waals surface area (Å²) in [4.78, 5) is 26.6. The van der Waals surface area contributed by atoms with Crippen LogP contribution < -0.4 is 10.6 Å². The second-order valence-corrected chi connectivity index (χ2v) is 6.88. The van der Waals surface area contributed by atoms with Crippen LogP contribution in [0.25, 0.3) is 0 Å². The van der Waals surface area contributed by atoms with Crippen molar-refractivity contribution >= 4 is 29.2 Å². The molecule has 0 aliphatic carbocycles. The van der Waals surface area contributed by atoms with Crippen LogP contribution in [0.2, 0.25) is 5.02 Å². The fourth-order valence-corrected chi connectivity index (χ4v) is 3.33. The highest BCUT2D eigenvalue weighted by atomic mass is 35.5. The predicted octanol–water partition coefficient (Wildman–Crippen LogP) is 4.27. The molecule has 1 aromatic carbocycles. The Morgan fingerprint density at radius 1 is 1.31 bits per heavy atom. The molecule has 26 heavy (non-hydrogen) atoms. The number of amides is 3. The largest absolute Gasteiger partial charge is 0.472 e. The predicted molar refractivity (Wildman–Crippen MR) is 100 cm³/mol. The highest BCUT2D eigenvalue weighted by molar-refractivity contribution is 6.34. The quantitative estimate of drug-likeness (QED) is 0.837. The maximum atomic E-state index is 12.7. The summed E-state index contributed by atoms with van der Waals surface area (Å²) in [5.74, 6) is -0.0573. The van der Waals surface area contributed by atoms with Crippen LogP contribution >= 0.6 is 11.6 Å². The zero-order valence-electron chi connectivity index (χ0n) is 14.6. The lowest BCUT2D eigenvalue weighted by molar-refractivity contribution is 0.0636. The Kier molecular flexibility index (Phi) is 5.83. The van der Waals surface area contributed by atoms with Gasteiger partial charge in [-0.2, -0.15) is 0 Å². The molecule has 0 saturated carbocycles. The lowest BCUT2D eigenvalue weighted by Gasteiger charge is -2.33. The number of nitrogens with zero attached hydrogens (tertiary/aromatic N) is 1. The number of furan rings is 1. The molecule has 3 amide bonds. The number of hydrogen-bond donors (Lipinski definition) is 2. The molecule has 1 saturated heterocycles. The summed E-state index contributed by atoms with van der Waals surface area (Å²) in [6.45, 7) is 3.18. The van der Waals surface area contributed by atoms with Crippen LogP contribution in [0.3, 0.4) is 0 Å². The molecular formula is C19H22ClN3O3. The summed E-state index contributed by atoms with van der Waals surface area (Å²) in [5.41, 5.74) is 1.86. The Labute approximate surface area is 157 Å². The van der Waals surface area contributed by atoms with Gasteiger partial charge in [0.2, 0.25) is 0 Å². The third kappa shape index (κ3) is 4.38. The van der Waals surface area contributed by atoms with E-state index in [1.54, 1.807) is 36.8 Å². The van der Waals surface area contributed by atoms with E-state index in [0.717, 1.165) is 31.4 Å². The van der Waals surface area contributed by atoms with E-state index in [1.807, 2.05) is 4.90 Å². The number of hydrogen-bond acceptors (Lipinski definition) is 3. The molecule has 0 bridgehead atoms.